The SMILES string of the molecule is Cc1ncsc1-c1ccc([C@H](C)NC(=O)[C@@H]2C[C@@H](O)CN2C(=O)[C@@H](CC(=O)COCCOCCOCCOc2ccc(CCC(=O)O)cc2)C(C)(C)C)cc1. The number of thiazole rings is 1. The van der Waals surface area contributed by atoms with Crippen molar-refractivity contribution in [3.05, 3.63) is 70.9 Å². The number of nitrogens with one attached hydrogen (secondary N) is 1. The maximum atomic E-state index is 14.0. The molecule has 4 atom stereocenters. The standard InChI is InChI=1S/C41H55N3O10S/c1-27(30-9-11-31(12-10-30)38-28(2)42-26-55-38)43-39(49)36-23-32(45)24-44(36)40(50)35(41(3,4)5)22-33(46)25-53-19-18-51-16-17-52-20-21-54-34-13-6-29(7-14-34)8-15-37(47)48/h6-7,9-14,26-27,32,35-36,45H,8,15-25H2,1-5H3,(H,43,49)(H,47,48)/t27-,32+,35+,36-/m0/s1. The molecule has 0 spiro atoms. The lowest BCUT2D eigenvalue weighted by molar-refractivity contribution is -0.147. The molecule has 14 heteroatoms. The van der Waals surface area contributed by atoms with E-state index >= 15 is 0 Å². The zero-order chi connectivity index (χ0) is 40.0. The van der Waals surface area contributed by atoms with Crippen molar-refractivity contribution in [3.63, 3.8) is 0 Å². The number of carboxylic acid groups (broad SMARTS) is 1. The second kappa shape index (κ2) is 21.2. The molecule has 2 heterocycles. The van der Waals surface area contributed by atoms with Gasteiger partial charge in [0, 0.05) is 31.7 Å². The van der Waals surface area contributed by atoms with E-state index in [9.17, 15) is 24.3 Å². The summed E-state index contributed by atoms with van der Waals surface area (Å²) in [6, 6.07) is 14.0. The summed E-state index contributed by atoms with van der Waals surface area (Å²) in [6.07, 6.45) is -0.230. The van der Waals surface area contributed by atoms with Crippen LogP contribution >= 0.6 is 11.3 Å². The number of rotatable bonds is 22. The number of likely N-dealkylation sites (tertiary alicyclic amines) is 1. The highest BCUT2D eigenvalue weighted by Gasteiger charge is 2.44. The molecule has 13 nitrogen and oxygen atoms in total. The Morgan fingerprint density at radius 3 is 2.18 bits per heavy atom. The second-order valence-electron chi connectivity index (χ2n) is 14.8. The number of ether oxygens (including phenoxy) is 4. The molecule has 4 rings (SSSR count). The first-order chi connectivity index (χ1) is 26.2. The van der Waals surface area contributed by atoms with E-state index in [4.69, 9.17) is 24.1 Å². The smallest absolute Gasteiger partial charge is 0.303 e. The molecule has 55 heavy (non-hydrogen) atoms. The first-order valence-corrected chi connectivity index (χ1v) is 19.6. The van der Waals surface area contributed by atoms with Gasteiger partial charge in [0.05, 0.1) is 61.3 Å². The molecule has 0 unspecified atom stereocenters. The van der Waals surface area contributed by atoms with E-state index in [2.05, 4.69) is 10.3 Å². The van der Waals surface area contributed by atoms with Crippen LogP contribution in [0.5, 0.6) is 5.75 Å². The highest BCUT2D eigenvalue weighted by Crippen LogP contribution is 2.34. The number of aliphatic hydroxyl groups is 1. The summed E-state index contributed by atoms with van der Waals surface area (Å²) in [5.74, 6) is -1.79. The number of nitrogens with zero attached hydrogens (tertiary/aromatic N) is 2. The van der Waals surface area contributed by atoms with Crippen LogP contribution in [0.15, 0.2) is 54.0 Å². The maximum absolute atomic E-state index is 14.0. The summed E-state index contributed by atoms with van der Waals surface area (Å²) in [5, 5.41) is 22.4. The molecule has 1 fully saturated rings. The van der Waals surface area contributed by atoms with Gasteiger partial charge in [0.2, 0.25) is 11.8 Å². The summed E-state index contributed by atoms with van der Waals surface area (Å²) in [6.45, 7) is 11.2. The van der Waals surface area contributed by atoms with E-state index in [0.29, 0.717) is 38.6 Å². The molecule has 2 amide bonds. The fourth-order valence-corrected chi connectivity index (χ4v) is 7.11. The van der Waals surface area contributed by atoms with E-state index in [0.717, 1.165) is 27.3 Å². The van der Waals surface area contributed by atoms with Crippen LogP contribution in [-0.4, -0.2) is 109 Å². The van der Waals surface area contributed by atoms with Gasteiger partial charge in [-0.25, -0.2) is 4.98 Å². The van der Waals surface area contributed by atoms with Crippen LogP contribution in [0.3, 0.4) is 0 Å². The van der Waals surface area contributed by atoms with Crippen LogP contribution in [-0.2, 0) is 39.8 Å². The lowest BCUT2D eigenvalue weighted by Gasteiger charge is -2.35. The van der Waals surface area contributed by atoms with Gasteiger partial charge in [-0.2, -0.15) is 0 Å². The van der Waals surface area contributed by atoms with Gasteiger partial charge in [-0.3, -0.25) is 19.2 Å². The van der Waals surface area contributed by atoms with Crippen LogP contribution in [0, 0.1) is 18.3 Å². The molecular formula is C41H55N3O10S. The highest BCUT2D eigenvalue weighted by atomic mass is 32.1. The maximum Gasteiger partial charge on any atom is 0.303 e. The Bertz CT molecular complexity index is 1690. The number of amides is 2. The third kappa shape index (κ3) is 13.8. The molecule has 0 radical (unpaired) electrons. The quantitative estimate of drug-likeness (QED) is 0.117. The van der Waals surface area contributed by atoms with Crippen molar-refractivity contribution >= 4 is 34.9 Å². The Morgan fingerprint density at radius 1 is 0.945 bits per heavy atom. The Morgan fingerprint density at radius 2 is 1.58 bits per heavy atom. The number of ketones is 1. The number of aromatic nitrogens is 1. The summed E-state index contributed by atoms with van der Waals surface area (Å²) in [5.41, 5.74) is 5.09. The van der Waals surface area contributed by atoms with E-state index in [1.807, 2.05) is 76.5 Å². The average molecular weight is 782 g/mol. The number of aliphatic carboxylic acids is 1. The molecular weight excluding hydrogens is 727 g/mol. The van der Waals surface area contributed by atoms with Crippen LogP contribution in [0.1, 0.15) is 69.8 Å². The van der Waals surface area contributed by atoms with Crippen molar-refractivity contribution < 1.29 is 48.3 Å². The minimum atomic E-state index is -0.857. The molecule has 1 aliphatic heterocycles. The third-order valence-electron chi connectivity index (χ3n) is 9.47. The largest absolute Gasteiger partial charge is 0.491 e. The predicted molar refractivity (Wildman–Crippen MR) is 208 cm³/mol. The number of hydrogen-bond donors (Lipinski definition) is 3. The lowest BCUT2D eigenvalue weighted by Crippen LogP contribution is -2.50. The number of carboxylic acids is 1. The van der Waals surface area contributed by atoms with Crippen molar-refractivity contribution in [2.45, 2.75) is 78.5 Å². The van der Waals surface area contributed by atoms with E-state index in [-0.39, 0.29) is 69.3 Å². The van der Waals surface area contributed by atoms with Gasteiger partial charge in [0.25, 0.3) is 0 Å². The molecule has 300 valence electrons. The van der Waals surface area contributed by atoms with Gasteiger partial charge in [0.15, 0.2) is 5.78 Å². The number of β-amino-alcohol motifs (C(OH)–C–C–N with tert-alkyl or cyclic N) is 1. The van der Waals surface area contributed by atoms with Crippen LogP contribution < -0.4 is 10.1 Å². The number of aliphatic hydroxyl groups excluding tert-OH is 1. The second-order valence-corrected chi connectivity index (χ2v) is 15.7. The Kier molecular flexibility index (Phi) is 16.8. The Balaban J connectivity index is 1.14. The normalized spacial score (nSPS) is 16.8. The third-order valence-corrected chi connectivity index (χ3v) is 10.4. The molecule has 0 saturated carbocycles. The number of carbonyl (C=O) groups excluding carboxylic acids is 3. The van der Waals surface area contributed by atoms with Gasteiger partial charge in [-0.1, -0.05) is 57.2 Å². The fraction of sp³-hybridized carbons (Fsp3) is 0.537. The summed E-state index contributed by atoms with van der Waals surface area (Å²) >= 11 is 1.58. The number of carbonyl (C=O) groups is 4. The molecule has 0 aliphatic carbocycles. The zero-order valence-electron chi connectivity index (χ0n) is 32.5. The van der Waals surface area contributed by atoms with E-state index in [1.165, 1.54) is 4.90 Å². The van der Waals surface area contributed by atoms with Crippen molar-refractivity contribution in [1.82, 2.24) is 15.2 Å². The Labute approximate surface area is 327 Å². The van der Waals surface area contributed by atoms with Gasteiger partial charge in [-0.15, -0.1) is 11.3 Å². The van der Waals surface area contributed by atoms with Gasteiger partial charge in [0.1, 0.15) is 25.0 Å². The molecule has 3 aromatic rings. The summed E-state index contributed by atoms with van der Waals surface area (Å²) in [4.78, 5) is 58.1. The first-order valence-electron chi connectivity index (χ1n) is 18.7. The van der Waals surface area contributed by atoms with Gasteiger partial charge in [-0.05, 0) is 54.5 Å². The molecule has 0 bridgehead atoms. The molecule has 1 aliphatic rings. The first kappa shape index (κ1) is 43.5. The topological polar surface area (TPSA) is 174 Å². The van der Waals surface area contributed by atoms with Crippen molar-refractivity contribution in [1.29, 1.82) is 0 Å². The molecule has 2 aromatic carbocycles. The van der Waals surface area contributed by atoms with Crippen LogP contribution in [0.2, 0.25) is 0 Å². The van der Waals surface area contributed by atoms with Gasteiger partial charge >= 0.3 is 5.97 Å². The highest BCUT2D eigenvalue weighted by molar-refractivity contribution is 7.13. The van der Waals surface area contributed by atoms with Crippen molar-refractivity contribution in [2.24, 2.45) is 11.3 Å². The van der Waals surface area contributed by atoms with Crippen LogP contribution in [0.25, 0.3) is 10.4 Å². The van der Waals surface area contributed by atoms with E-state index in [1.54, 1.807) is 23.5 Å². The number of aryl methyl sites for hydroxylation is 2. The predicted octanol–water partition coefficient (Wildman–Crippen LogP) is 5.03. The minimum absolute atomic E-state index is 0.0188. The summed E-state index contributed by atoms with van der Waals surface area (Å²) < 4.78 is 22.2. The van der Waals surface area contributed by atoms with Crippen LogP contribution in [0.4, 0.5) is 0 Å². The molecule has 1 aromatic heterocycles. The lowest BCUT2D eigenvalue weighted by atomic mass is 9.77. The molecule has 1 saturated heterocycles. The van der Waals surface area contributed by atoms with Gasteiger partial charge < -0.3 is 39.4 Å². The Hall–Kier alpha value is -4.21. The minimum Gasteiger partial charge on any atom is -0.491 e. The zero-order valence-corrected chi connectivity index (χ0v) is 33.3. The van der Waals surface area contributed by atoms with Crippen molar-refractivity contribution in [3.8, 4) is 16.2 Å². The number of hydrogen-bond acceptors (Lipinski definition) is 11. The number of benzene rings is 2. The monoisotopic (exact) mass is 781 g/mol. The van der Waals surface area contributed by atoms with E-state index < -0.39 is 29.4 Å². The summed E-state index contributed by atoms with van der Waals surface area (Å²) in [7, 11) is 0. The average Bonchev–Trinajstić information content (AvgIpc) is 3.76. The molecule has 3 N–H and O–H groups in total. The number of Topliss-reactive ketones (excluding diaryl/α,β-unsaturated/α-hetero) is 1. The van der Waals surface area contributed by atoms with Crippen molar-refractivity contribution in [2.75, 3.05) is 52.8 Å². The fourth-order valence-electron chi connectivity index (χ4n) is 6.30.